The second kappa shape index (κ2) is 4.74. The Kier molecular flexibility index (Phi) is 3.11. The van der Waals surface area contributed by atoms with Crippen molar-refractivity contribution < 1.29 is 4.79 Å². The number of amides is 1. The number of aromatic nitrogens is 1. The van der Waals surface area contributed by atoms with Crippen LogP contribution in [0.3, 0.4) is 0 Å². The summed E-state index contributed by atoms with van der Waals surface area (Å²) in [6, 6.07) is 1.02. The Morgan fingerprint density at radius 2 is 2.53 bits per heavy atom. The first-order chi connectivity index (χ1) is 8.33. The highest BCUT2D eigenvalue weighted by molar-refractivity contribution is 7.09. The number of thiazole rings is 1. The lowest BCUT2D eigenvalue weighted by molar-refractivity contribution is -0.125. The zero-order chi connectivity index (χ0) is 11.7. The maximum absolute atomic E-state index is 12.0. The smallest absolute Gasteiger partial charge is 0.224 e. The van der Waals surface area contributed by atoms with Gasteiger partial charge in [0.2, 0.25) is 5.91 Å². The van der Waals surface area contributed by atoms with Gasteiger partial charge in [0.1, 0.15) is 0 Å². The Hall–Kier alpha value is -0.940. The average Bonchev–Trinajstić information content (AvgIpc) is 3.05. The van der Waals surface area contributed by atoms with Crippen molar-refractivity contribution in [2.75, 3.05) is 6.54 Å². The van der Waals surface area contributed by atoms with E-state index in [9.17, 15) is 4.79 Å². The standard InChI is InChI=1S/C12H17N3OS/c16-12(9-7-8-1-2-10(9)15-8)14-4-3-11-13-5-6-17-11/h5-6,8-10,15H,1-4,7H2,(H,14,16). The molecule has 0 aliphatic carbocycles. The van der Waals surface area contributed by atoms with Crippen molar-refractivity contribution in [1.82, 2.24) is 15.6 Å². The van der Waals surface area contributed by atoms with E-state index >= 15 is 0 Å². The number of fused-ring (bicyclic) bond motifs is 2. The molecular weight excluding hydrogens is 234 g/mol. The summed E-state index contributed by atoms with van der Waals surface area (Å²) in [5, 5.41) is 9.59. The second-order valence-corrected chi connectivity index (χ2v) is 5.84. The molecule has 3 unspecified atom stereocenters. The Morgan fingerprint density at radius 3 is 3.18 bits per heavy atom. The maximum Gasteiger partial charge on any atom is 0.224 e. The van der Waals surface area contributed by atoms with Crippen molar-refractivity contribution in [2.24, 2.45) is 5.92 Å². The van der Waals surface area contributed by atoms with Crippen LogP contribution in [-0.2, 0) is 11.2 Å². The number of hydrogen-bond acceptors (Lipinski definition) is 4. The third-order valence-corrected chi connectivity index (χ3v) is 4.60. The summed E-state index contributed by atoms with van der Waals surface area (Å²) in [6.45, 7) is 0.709. The van der Waals surface area contributed by atoms with Gasteiger partial charge >= 0.3 is 0 Å². The van der Waals surface area contributed by atoms with Gasteiger partial charge in [-0.15, -0.1) is 11.3 Å². The molecule has 92 valence electrons. The molecule has 2 aliphatic heterocycles. The summed E-state index contributed by atoms with van der Waals surface area (Å²) < 4.78 is 0. The van der Waals surface area contributed by atoms with Crippen molar-refractivity contribution in [3.05, 3.63) is 16.6 Å². The number of hydrogen-bond donors (Lipinski definition) is 2. The molecule has 3 heterocycles. The van der Waals surface area contributed by atoms with Crippen LogP contribution in [0.15, 0.2) is 11.6 Å². The molecular formula is C12H17N3OS. The molecule has 2 bridgehead atoms. The predicted octanol–water partition coefficient (Wildman–Crippen LogP) is 0.942. The quantitative estimate of drug-likeness (QED) is 0.837. The molecule has 2 aliphatic rings. The SMILES string of the molecule is O=C(NCCc1nccs1)C1CC2CCC1N2. The lowest BCUT2D eigenvalue weighted by atomic mass is 9.88. The second-order valence-electron chi connectivity index (χ2n) is 4.86. The summed E-state index contributed by atoms with van der Waals surface area (Å²) >= 11 is 1.64. The normalized spacial score (nSPS) is 30.7. The van der Waals surface area contributed by atoms with Gasteiger partial charge in [-0.05, 0) is 19.3 Å². The van der Waals surface area contributed by atoms with Crippen LogP contribution >= 0.6 is 11.3 Å². The molecule has 2 fully saturated rings. The Morgan fingerprint density at radius 1 is 1.59 bits per heavy atom. The Bertz CT molecular complexity index is 392. The number of carbonyl (C=O) groups excluding carboxylic acids is 1. The minimum Gasteiger partial charge on any atom is -0.355 e. The van der Waals surface area contributed by atoms with Gasteiger partial charge in [-0.1, -0.05) is 0 Å². The highest BCUT2D eigenvalue weighted by Gasteiger charge is 2.42. The van der Waals surface area contributed by atoms with Crippen LogP contribution < -0.4 is 10.6 Å². The van der Waals surface area contributed by atoms with Gasteiger partial charge in [0.05, 0.1) is 10.9 Å². The average molecular weight is 251 g/mol. The molecule has 1 amide bonds. The minimum atomic E-state index is 0.199. The van der Waals surface area contributed by atoms with E-state index in [1.54, 1.807) is 11.3 Å². The molecule has 0 spiro atoms. The van der Waals surface area contributed by atoms with Crippen LogP contribution in [0.25, 0.3) is 0 Å². The third kappa shape index (κ3) is 2.35. The lowest BCUT2D eigenvalue weighted by Gasteiger charge is -2.19. The molecule has 17 heavy (non-hydrogen) atoms. The molecule has 3 atom stereocenters. The van der Waals surface area contributed by atoms with Crippen LogP contribution in [0.4, 0.5) is 0 Å². The van der Waals surface area contributed by atoms with Crippen molar-refractivity contribution in [3.8, 4) is 0 Å². The summed E-state index contributed by atoms with van der Waals surface area (Å²) in [5.74, 6) is 0.423. The fourth-order valence-electron chi connectivity index (χ4n) is 2.91. The zero-order valence-electron chi connectivity index (χ0n) is 9.69. The van der Waals surface area contributed by atoms with E-state index in [2.05, 4.69) is 15.6 Å². The van der Waals surface area contributed by atoms with E-state index in [-0.39, 0.29) is 11.8 Å². The molecule has 4 nitrogen and oxygen atoms in total. The van der Waals surface area contributed by atoms with Crippen molar-refractivity contribution in [2.45, 2.75) is 37.8 Å². The van der Waals surface area contributed by atoms with Gasteiger partial charge in [-0.25, -0.2) is 4.98 Å². The van der Waals surface area contributed by atoms with Gasteiger partial charge < -0.3 is 10.6 Å². The van der Waals surface area contributed by atoms with E-state index in [1.165, 1.54) is 6.42 Å². The van der Waals surface area contributed by atoms with Crippen LogP contribution in [0.5, 0.6) is 0 Å². The van der Waals surface area contributed by atoms with Crippen molar-refractivity contribution in [1.29, 1.82) is 0 Å². The number of nitrogens with zero attached hydrogens (tertiary/aromatic N) is 1. The van der Waals surface area contributed by atoms with E-state index in [0.717, 1.165) is 24.3 Å². The van der Waals surface area contributed by atoms with E-state index < -0.39 is 0 Å². The van der Waals surface area contributed by atoms with Gasteiger partial charge in [0, 0.05) is 36.6 Å². The van der Waals surface area contributed by atoms with Gasteiger partial charge in [-0.3, -0.25) is 4.79 Å². The highest BCUT2D eigenvalue weighted by Crippen LogP contribution is 2.33. The molecule has 0 aromatic carbocycles. The first-order valence-electron chi connectivity index (χ1n) is 6.25. The number of nitrogens with one attached hydrogen (secondary N) is 2. The van der Waals surface area contributed by atoms with E-state index in [4.69, 9.17) is 0 Å². The van der Waals surface area contributed by atoms with Crippen molar-refractivity contribution >= 4 is 17.2 Å². The fourth-order valence-corrected chi connectivity index (χ4v) is 3.53. The van der Waals surface area contributed by atoms with Crippen molar-refractivity contribution in [3.63, 3.8) is 0 Å². The molecule has 1 aromatic heterocycles. The van der Waals surface area contributed by atoms with Crippen LogP contribution in [0, 0.1) is 5.92 Å². The first-order valence-corrected chi connectivity index (χ1v) is 7.13. The summed E-state index contributed by atoms with van der Waals surface area (Å²) in [5.41, 5.74) is 0. The van der Waals surface area contributed by atoms with E-state index in [0.29, 0.717) is 18.6 Å². The zero-order valence-corrected chi connectivity index (χ0v) is 10.5. The van der Waals surface area contributed by atoms with Crippen LogP contribution in [0.2, 0.25) is 0 Å². The largest absolute Gasteiger partial charge is 0.355 e. The molecule has 1 aromatic rings. The Balaban J connectivity index is 1.45. The van der Waals surface area contributed by atoms with E-state index in [1.807, 2.05) is 11.6 Å². The highest BCUT2D eigenvalue weighted by atomic mass is 32.1. The predicted molar refractivity (Wildman–Crippen MR) is 66.9 cm³/mol. The molecule has 0 saturated carbocycles. The van der Waals surface area contributed by atoms with Crippen LogP contribution in [0.1, 0.15) is 24.3 Å². The summed E-state index contributed by atoms with van der Waals surface area (Å²) in [6.07, 6.45) is 6.08. The van der Waals surface area contributed by atoms with Gasteiger partial charge in [0.15, 0.2) is 0 Å². The number of rotatable bonds is 4. The molecule has 3 rings (SSSR count). The third-order valence-electron chi connectivity index (χ3n) is 3.76. The molecule has 0 radical (unpaired) electrons. The molecule has 2 N–H and O–H groups in total. The minimum absolute atomic E-state index is 0.199. The van der Waals surface area contributed by atoms with Crippen LogP contribution in [-0.4, -0.2) is 29.5 Å². The monoisotopic (exact) mass is 251 g/mol. The lowest BCUT2D eigenvalue weighted by Crippen LogP contribution is -2.38. The maximum atomic E-state index is 12.0. The molecule has 5 heteroatoms. The van der Waals surface area contributed by atoms with Gasteiger partial charge in [0.25, 0.3) is 0 Å². The number of carbonyl (C=O) groups is 1. The Labute approximate surface area is 105 Å². The summed E-state index contributed by atoms with van der Waals surface area (Å²) in [7, 11) is 0. The summed E-state index contributed by atoms with van der Waals surface area (Å²) in [4.78, 5) is 16.2. The first kappa shape index (κ1) is 11.2. The molecule has 2 saturated heterocycles. The van der Waals surface area contributed by atoms with Gasteiger partial charge in [-0.2, -0.15) is 0 Å². The topological polar surface area (TPSA) is 54.0 Å². The fraction of sp³-hybridized carbons (Fsp3) is 0.667.